The third-order valence-electron chi connectivity index (χ3n) is 4.00. The van der Waals surface area contributed by atoms with Crippen LogP contribution in [0.25, 0.3) is 11.3 Å². The lowest BCUT2D eigenvalue weighted by molar-refractivity contribution is -0.119. The number of thiazole rings is 1. The minimum absolute atomic E-state index is 0. The Morgan fingerprint density at radius 2 is 2.14 bits per heavy atom. The fourth-order valence-corrected chi connectivity index (χ4v) is 3.49. The molecule has 2 aromatic rings. The lowest BCUT2D eigenvalue weighted by atomic mass is 10.1. The molecule has 3 rings (SSSR count). The molecular formula is C16H20ClN3OS. The fourth-order valence-electron chi connectivity index (χ4n) is 2.78. The summed E-state index contributed by atoms with van der Waals surface area (Å²) >= 11 is 1.47. The van der Waals surface area contributed by atoms with Crippen LogP contribution in [0.5, 0.6) is 0 Å². The number of rotatable bonds is 3. The molecule has 118 valence electrons. The first-order valence-electron chi connectivity index (χ1n) is 7.21. The molecule has 22 heavy (non-hydrogen) atoms. The van der Waals surface area contributed by atoms with Gasteiger partial charge in [-0.1, -0.05) is 24.3 Å². The number of amides is 1. The van der Waals surface area contributed by atoms with E-state index in [1.165, 1.54) is 16.9 Å². The summed E-state index contributed by atoms with van der Waals surface area (Å²) in [6.45, 7) is 2.06. The Labute approximate surface area is 140 Å². The van der Waals surface area contributed by atoms with Crippen LogP contribution in [0.3, 0.4) is 0 Å². The lowest BCUT2D eigenvalue weighted by Gasteiger charge is -2.08. The number of nitrogens with two attached hydrogens (primary N) is 1. The molecule has 3 N–H and O–H groups in total. The fraction of sp³-hybridized carbons (Fsp3) is 0.375. The average molecular weight is 338 g/mol. The molecule has 1 heterocycles. The van der Waals surface area contributed by atoms with Crippen molar-refractivity contribution in [3.05, 3.63) is 35.2 Å². The van der Waals surface area contributed by atoms with Crippen molar-refractivity contribution in [2.24, 2.45) is 11.7 Å². The van der Waals surface area contributed by atoms with E-state index in [2.05, 4.69) is 23.3 Å². The Bertz CT molecular complexity index is 658. The summed E-state index contributed by atoms with van der Waals surface area (Å²) in [5, 5.41) is 5.58. The van der Waals surface area contributed by atoms with Crippen LogP contribution >= 0.6 is 23.7 Å². The molecule has 1 amide bonds. The quantitative estimate of drug-likeness (QED) is 0.899. The maximum absolute atomic E-state index is 12.2. The Hall–Kier alpha value is -1.43. The van der Waals surface area contributed by atoms with Gasteiger partial charge in [0.2, 0.25) is 5.91 Å². The zero-order chi connectivity index (χ0) is 14.8. The van der Waals surface area contributed by atoms with Gasteiger partial charge in [0.1, 0.15) is 0 Å². The van der Waals surface area contributed by atoms with Crippen LogP contribution in [0, 0.1) is 12.8 Å². The molecule has 1 aliphatic rings. The molecule has 0 saturated heterocycles. The number of nitrogens with one attached hydrogen (secondary N) is 1. The second-order valence-corrected chi connectivity index (χ2v) is 6.47. The molecule has 0 radical (unpaired) electrons. The van der Waals surface area contributed by atoms with Crippen molar-refractivity contribution in [3.8, 4) is 11.3 Å². The highest BCUT2D eigenvalue weighted by atomic mass is 35.5. The van der Waals surface area contributed by atoms with Gasteiger partial charge >= 0.3 is 0 Å². The van der Waals surface area contributed by atoms with Crippen LogP contribution in [-0.2, 0) is 4.79 Å². The standard InChI is InChI=1S/C16H19N3OS.ClH/c1-10-4-2-3-5-13(10)14-9-21-16(18-14)19-15(20)11-6-7-12(17)8-11;/h2-5,9,11-12H,6-8,17H2,1H3,(H,18,19,20);1H. The van der Waals surface area contributed by atoms with Gasteiger partial charge in [-0.25, -0.2) is 4.98 Å². The largest absolute Gasteiger partial charge is 0.328 e. The van der Waals surface area contributed by atoms with Crippen LogP contribution in [-0.4, -0.2) is 16.9 Å². The zero-order valence-electron chi connectivity index (χ0n) is 12.4. The van der Waals surface area contributed by atoms with Crippen molar-refractivity contribution in [1.82, 2.24) is 4.98 Å². The molecule has 1 saturated carbocycles. The average Bonchev–Trinajstić information content (AvgIpc) is 3.08. The van der Waals surface area contributed by atoms with E-state index in [1.807, 2.05) is 23.6 Å². The van der Waals surface area contributed by atoms with E-state index in [4.69, 9.17) is 5.73 Å². The monoisotopic (exact) mass is 337 g/mol. The highest BCUT2D eigenvalue weighted by Crippen LogP contribution is 2.29. The molecule has 1 fully saturated rings. The maximum Gasteiger partial charge on any atom is 0.229 e. The molecule has 4 nitrogen and oxygen atoms in total. The van der Waals surface area contributed by atoms with Crippen molar-refractivity contribution in [3.63, 3.8) is 0 Å². The summed E-state index contributed by atoms with van der Waals surface area (Å²) in [5.41, 5.74) is 9.06. The number of hydrogen-bond acceptors (Lipinski definition) is 4. The highest BCUT2D eigenvalue weighted by Gasteiger charge is 2.28. The molecule has 0 bridgehead atoms. The first-order valence-corrected chi connectivity index (χ1v) is 8.09. The van der Waals surface area contributed by atoms with Crippen molar-refractivity contribution in [1.29, 1.82) is 0 Å². The van der Waals surface area contributed by atoms with Crippen LogP contribution in [0.1, 0.15) is 24.8 Å². The number of halogens is 1. The summed E-state index contributed by atoms with van der Waals surface area (Å²) in [5.74, 6) is 0.0828. The SMILES string of the molecule is Cc1ccccc1-c1csc(NC(=O)C2CCC(N)C2)n1.Cl. The van der Waals surface area contributed by atoms with Gasteiger partial charge in [-0.05, 0) is 31.7 Å². The Balaban J connectivity index is 0.00000176. The number of nitrogens with zero attached hydrogens (tertiary/aromatic N) is 1. The van der Waals surface area contributed by atoms with E-state index in [9.17, 15) is 4.79 Å². The van der Waals surface area contributed by atoms with Gasteiger partial charge in [0.15, 0.2) is 5.13 Å². The van der Waals surface area contributed by atoms with Gasteiger partial charge in [-0.2, -0.15) is 0 Å². The molecule has 1 aromatic carbocycles. The van der Waals surface area contributed by atoms with Crippen LogP contribution in [0.15, 0.2) is 29.6 Å². The molecule has 1 aliphatic carbocycles. The van der Waals surface area contributed by atoms with E-state index >= 15 is 0 Å². The zero-order valence-corrected chi connectivity index (χ0v) is 14.0. The number of anilines is 1. The van der Waals surface area contributed by atoms with Crippen molar-refractivity contribution >= 4 is 34.8 Å². The number of carbonyl (C=O) groups is 1. The molecule has 0 aliphatic heterocycles. The Morgan fingerprint density at radius 1 is 1.36 bits per heavy atom. The predicted octanol–water partition coefficient (Wildman–Crippen LogP) is 3.61. The van der Waals surface area contributed by atoms with Crippen molar-refractivity contribution < 1.29 is 4.79 Å². The number of hydrogen-bond donors (Lipinski definition) is 2. The Morgan fingerprint density at radius 3 is 2.82 bits per heavy atom. The summed E-state index contributed by atoms with van der Waals surface area (Å²) < 4.78 is 0. The lowest BCUT2D eigenvalue weighted by Crippen LogP contribution is -2.23. The van der Waals surface area contributed by atoms with E-state index in [0.717, 1.165) is 30.5 Å². The number of aromatic nitrogens is 1. The van der Waals surface area contributed by atoms with Crippen LogP contribution in [0.2, 0.25) is 0 Å². The molecule has 1 aromatic heterocycles. The Kier molecular flexibility index (Phi) is 5.56. The van der Waals surface area contributed by atoms with Gasteiger partial charge < -0.3 is 11.1 Å². The summed E-state index contributed by atoms with van der Waals surface area (Å²) in [6.07, 6.45) is 2.59. The van der Waals surface area contributed by atoms with Gasteiger partial charge in [0, 0.05) is 22.9 Å². The smallest absolute Gasteiger partial charge is 0.229 e. The minimum Gasteiger partial charge on any atom is -0.328 e. The molecule has 0 spiro atoms. The number of carbonyl (C=O) groups excluding carboxylic acids is 1. The molecule has 6 heteroatoms. The summed E-state index contributed by atoms with van der Waals surface area (Å²) in [7, 11) is 0. The summed E-state index contributed by atoms with van der Waals surface area (Å²) in [6, 6.07) is 8.29. The number of aryl methyl sites for hydroxylation is 1. The first kappa shape index (κ1) is 16.9. The predicted molar refractivity (Wildman–Crippen MR) is 93.5 cm³/mol. The number of benzene rings is 1. The van der Waals surface area contributed by atoms with E-state index in [-0.39, 0.29) is 30.3 Å². The van der Waals surface area contributed by atoms with Gasteiger partial charge in [0.05, 0.1) is 5.69 Å². The van der Waals surface area contributed by atoms with Gasteiger partial charge in [-0.15, -0.1) is 23.7 Å². The van der Waals surface area contributed by atoms with Gasteiger partial charge in [0.25, 0.3) is 0 Å². The first-order chi connectivity index (χ1) is 10.1. The van der Waals surface area contributed by atoms with Crippen LogP contribution in [0.4, 0.5) is 5.13 Å². The topological polar surface area (TPSA) is 68.0 Å². The third-order valence-corrected chi connectivity index (χ3v) is 4.76. The van der Waals surface area contributed by atoms with Crippen molar-refractivity contribution in [2.45, 2.75) is 32.2 Å². The maximum atomic E-state index is 12.2. The minimum atomic E-state index is 0. The van der Waals surface area contributed by atoms with Crippen LogP contribution < -0.4 is 11.1 Å². The third kappa shape index (κ3) is 3.66. The van der Waals surface area contributed by atoms with E-state index < -0.39 is 0 Å². The highest BCUT2D eigenvalue weighted by molar-refractivity contribution is 7.14. The van der Waals surface area contributed by atoms with Gasteiger partial charge in [-0.3, -0.25) is 4.79 Å². The van der Waals surface area contributed by atoms with Crippen molar-refractivity contribution in [2.75, 3.05) is 5.32 Å². The molecular weight excluding hydrogens is 318 g/mol. The molecule has 2 atom stereocenters. The molecule has 2 unspecified atom stereocenters. The summed E-state index contributed by atoms with van der Waals surface area (Å²) in [4.78, 5) is 16.7. The second kappa shape index (κ2) is 7.22. The van der Waals surface area contributed by atoms with E-state index in [1.54, 1.807) is 0 Å². The normalized spacial score (nSPS) is 20.5. The van der Waals surface area contributed by atoms with E-state index in [0.29, 0.717) is 5.13 Å². The second-order valence-electron chi connectivity index (χ2n) is 5.61.